The molecule has 1 aliphatic heterocycles. The second-order valence-electron chi connectivity index (χ2n) is 6.63. The number of nitrogens with zero attached hydrogens (tertiary/aromatic N) is 1. The molecule has 7 heteroatoms. The van der Waals surface area contributed by atoms with Crippen LogP contribution in [0, 0.1) is 12.8 Å². The van der Waals surface area contributed by atoms with Crippen molar-refractivity contribution >= 4 is 29.2 Å². The van der Waals surface area contributed by atoms with Gasteiger partial charge in [0.2, 0.25) is 5.91 Å². The van der Waals surface area contributed by atoms with Gasteiger partial charge in [-0.15, -0.1) is 0 Å². The van der Waals surface area contributed by atoms with Gasteiger partial charge in [0.1, 0.15) is 5.75 Å². The quantitative estimate of drug-likeness (QED) is 0.776. The van der Waals surface area contributed by atoms with Crippen molar-refractivity contribution < 1.29 is 23.9 Å². The molecule has 2 aromatic carbocycles. The highest BCUT2D eigenvalue weighted by atomic mass is 16.5. The van der Waals surface area contributed by atoms with Crippen LogP contribution in [0.2, 0.25) is 0 Å². The number of aryl methyl sites for hydroxylation is 1. The second-order valence-corrected chi connectivity index (χ2v) is 6.63. The van der Waals surface area contributed by atoms with Gasteiger partial charge < -0.3 is 19.7 Å². The van der Waals surface area contributed by atoms with Crippen molar-refractivity contribution in [3.63, 3.8) is 0 Å². The summed E-state index contributed by atoms with van der Waals surface area (Å²) in [6, 6.07) is 14.4. The van der Waals surface area contributed by atoms with E-state index in [1.165, 1.54) is 7.11 Å². The molecule has 1 aliphatic rings. The molecule has 3 rings (SSSR count). The number of hydrogen-bond donors (Lipinski definition) is 1. The molecule has 7 nitrogen and oxygen atoms in total. The Kier molecular flexibility index (Phi) is 5.93. The van der Waals surface area contributed by atoms with Gasteiger partial charge in [-0.05, 0) is 31.2 Å². The van der Waals surface area contributed by atoms with E-state index in [-0.39, 0.29) is 18.9 Å². The Balaban J connectivity index is 1.51. The molecule has 0 aliphatic carbocycles. The lowest BCUT2D eigenvalue weighted by atomic mass is 10.1. The molecule has 1 N–H and O–H groups in total. The number of hydrogen-bond acceptors (Lipinski definition) is 5. The van der Waals surface area contributed by atoms with E-state index in [9.17, 15) is 14.4 Å². The van der Waals surface area contributed by atoms with E-state index in [1.54, 1.807) is 29.2 Å². The zero-order chi connectivity index (χ0) is 20.1. The first-order chi connectivity index (χ1) is 13.5. The van der Waals surface area contributed by atoms with Gasteiger partial charge in [0.05, 0.1) is 13.0 Å². The average Bonchev–Trinajstić information content (AvgIpc) is 3.08. The van der Waals surface area contributed by atoms with Crippen LogP contribution in [0.1, 0.15) is 12.0 Å². The van der Waals surface area contributed by atoms with Crippen molar-refractivity contribution in [2.24, 2.45) is 5.92 Å². The molecule has 1 fully saturated rings. The smallest absolute Gasteiger partial charge is 0.311 e. The Morgan fingerprint density at radius 2 is 1.93 bits per heavy atom. The average molecular weight is 382 g/mol. The lowest BCUT2D eigenvalue weighted by Gasteiger charge is -2.16. The van der Waals surface area contributed by atoms with Crippen molar-refractivity contribution in [2.75, 3.05) is 30.5 Å². The highest BCUT2D eigenvalue weighted by Crippen LogP contribution is 2.26. The summed E-state index contributed by atoms with van der Waals surface area (Å²) in [7, 11) is 1.53. The molecular formula is C21H22N2O5. The largest absolute Gasteiger partial charge is 0.497 e. The number of carbonyl (C=O) groups is 3. The summed E-state index contributed by atoms with van der Waals surface area (Å²) in [4.78, 5) is 38.1. The zero-order valence-corrected chi connectivity index (χ0v) is 15.8. The number of nitrogens with one attached hydrogen (secondary N) is 1. The summed E-state index contributed by atoms with van der Waals surface area (Å²) in [5.41, 5.74) is 2.39. The predicted octanol–water partition coefficient (Wildman–Crippen LogP) is 2.54. The lowest BCUT2D eigenvalue weighted by molar-refractivity contribution is -0.151. The van der Waals surface area contributed by atoms with E-state index in [4.69, 9.17) is 9.47 Å². The third kappa shape index (κ3) is 4.68. The molecule has 0 aromatic heterocycles. The molecule has 2 amide bonds. The SMILES string of the molecule is COc1cccc(NC(=O)COC(=O)[C@H]2CC(=O)N(c3ccc(C)cc3)C2)c1. The topological polar surface area (TPSA) is 84.9 Å². The van der Waals surface area contributed by atoms with Gasteiger partial charge in [0.25, 0.3) is 5.91 Å². The third-order valence-electron chi connectivity index (χ3n) is 4.50. The number of carbonyl (C=O) groups excluding carboxylic acids is 3. The standard InChI is InChI=1S/C21H22N2O5/c1-14-6-8-17(9-7-14)23-12-15(10-20(23)25)21(26)28-13-19(24)22-16-4-3-5-18(11-16)27-2/h3-9,11,15H,10,12-13H2,1-2H3,(H,22,24)/t15-/m0/s1. The van der Waals surface area contributed by atoms with Crippen LogP contribution in [-0.4, -0.2) is 38.0 Å². The molecule has 0 unspecified atom stereocenters. The molecule has 1 heterocycles. The number of amides is 2. The third-order valence-corrected chi connectivity index (χ3v) is 4.50. The minimum absolute atomic E-state index is 0.0736. The van der Waals surface area contributed by atoms with Crippen LogP contribution in [0.25, 0.3) is 0 Å². The van der Waals surface area contributed by atoms with Crippen LogP contribution in [0.15, 0.2) is 48.5 Å². The molecule has 1 atom stereocenters. The summed E-state index contributed by atoms with van der Waals surface area (Å²) in [5.74, 6) is -1.12. The van der Waals surface area contributed by atoms with Crippen molar-refractivity contribution in [2.45, 2.75) is 13.3 Å². The molecule has 146 valence electrons. The van der Waals surface area contributed by atoms with Gasteiger partial charge in [-0.25, -0.2) is 0 Å². The van der Waals surface area contributed by atoms with Crippen molar-refractivity contribution in [1.82, 2.24) is 0 Å². The van der Waals surface area contributed by atoms with Crippen molar-refractivity contribution in [1.29, 1.82) is 0 Å². The fraction of sp³-hybridized carbons (Fsp3) is 0.286. The van der Waals surface area contributed by atoms with Gasteiger partial charge in [-0.2, -0.15) is 0 Å². The maximum atomic E-state index is 12.3. The first kappa shape index (κ1) is 19.4. The maximum Gasteiger partial charge on any atom is 0.311 e. The van der Waals surface area contributed by atoms with Crippen molar-refractivity contribution in [3.05, 3.63) is 54.1 Å². The first-order valence-corrected chi connectivity index (χ1v) is 8.94. The lowest BCUT2D eigenvalue weighted by Crippen LogP contribution is -2.28. The second kappa shape index (κ2) is 8.56. The predicted molar refractivity (Wildman–Crippen MR) is 104 cm³/mol. The van der Waals surface area contributed by atoms with Crippen LogP contribution in [0.3, 0.4) is 0 Å². The van der Waals surface area contributed by atoms with Gasteiger partial charge in [-0.1, -0.05) is 23.8 Å². The van der Waals surface area contributed by atoms with Crippen LogP contribution >= 0.6 is 0 Å². The van der Waals surface area contributed by atoms with Crippen molar-refractivity contribution in [3.8, 4) is 5.75 Å². The number of ether oxygens (including phenoxy) is 2. The molecule has 2 aromatic rings. The van der Waals surface area contributed by atoms with E-state index in [0.717, 1.165) is 11.3 Å². The zero-order valence-electron chi connectivity index (χ0n) is 15.8. The van der Waals surface area contributed by atoms with Gasteiger partial charge in [-0.3, -0.25) is 14.4 Å². The fourth-order valence-corrected chi connectivity index (χ4v) is 2.99. The number of rotatable bonds is 6. The van der Waals surface area contributed by atoms with Crippen LogP contribution < -0.4 is 15.0 Å². The maximum absolute atomic E-state index is 12.3. The van der Waals surface area contributed by atoms with Crippen LogP contribution in [-0.2, 0) is 19.1 Å². The molecule has 0 saturated carbocycles. The number of anilines is 2. The van der Waals surface area contributed by atoms with E-state index >= 15 is 0 Å². The van der Waals surface area contributed by atoms with E-state index < -0.39 is 24.4 Å². The van der Waals surface area contributed by atoms with Gasteiger partial charge in [0, 0.05) is 30.4 Å². The molecular weight excluding hydrogens is 360 g/mol. The van der Waals surface area contributed by atoms with Gasteiger partial charge >= 0.3 is 5.97 Å². The molecule has 0 bridgehead atoms. The molecule has 0 radical (unpaired) electrons. The van der Waals surface area contributed by atoms with Gasteiger partial charge in [0.15, 0.2) is 6.61 Å². The summed E-state index contributed by atoms with van der Waals surface area (Å²) in [6.07, 6.45) is 0.0736. The number of esters is 1. The Bertz CT molecular complexity index is 879. The number of methoxy groups -OCH3 is 1. The Morgan fingerprint density at radius 3 is 2.64 bits per heavy atom. The highest BCUT2D eigenvalue weighted by Gasteiger charge is 2.36. The highest BCUT2D eigenvalue weighted by molar-refractivity contribution is 6.00. The van der Waals surface area contributed by atoms with E-state index in [1.807, 2.05) is 31.2 Å². The molecule has 28 heavy (non-hydrogen) atoms. The summed E-state index contributed by atoms with van der Waals surface area (Å²) in [6.45, 7) is 1.80. The molecule has 0 spiro atoms. The normalized spacial score (nSPS) is 16.0. The minimum Gasteiger partial charge on any atom is -0.497 e. The summed E-state index contributed by atoms with van der Waals surface area (Å²) >= 11 is 0. The monoisotopic (exact) mass is 382 g/mol. The Labute approximate surface area is 163 Å². The minimum atomic E-state index is -0.585. The summed E-state index contributed by atoms with van der Waals surface area (Å²) < 4.78 is 10.2. The molecule has 1 saturated heterocycles. The fourth-order valence-electron chi connectivity index (χ4n) is 2.99. The van der Waals surface area contributed by atoms with Crippen LogP contribution in [0.4, 0.5) is 11.4 Å². The Hall–Kier alpha value is -3.35. The first-order valence-electron chi connectivity index (χ1n) is 8.94. The Morgan fingerprint density at radius 1 is 1.18 bits per heavy atom. The van der Waals surface area contributed by atoms with E-state index in [0.29, 0.717) is 11.4 Å². The van der Waals surface area contributed by atoms with Crippen LogP contribution in [0.5, 0.6) is 5.75 Å². The number of benzene rings is 2. The summed E-state index contributed by atoms with van der Waals surface area (Å²) in [5, 5.41) is 2.64. The van der Waals surface area contributed by atoms with E-state index in [2.05, 4.69) is 5.32 Å².